The van der Waals surface area contributed by atoms with Crippen molar-refractivity contribution in [2.24, 2.45) is 5.92 Å². The van der Waals surface area contributed by atoms with Crippen molar-refractivity contribution in [2.45, 2.75) is 51.5 Å². The van der Waals surface area contributed by atoms with Crippen molar-refractivity contribution in [1.82, 2.24) is 15.3 Å². The van der Waals surface area contributed by atoms with Crippen LogP contribution in [0.2, 0.25) is 0 Å². The maximum absolute atomic E-state index is 13.8. The van der Waals surface area contributed by atoms with Gasteiger partial charge in [-0.15, -0.1) is 0 Å². The molecule has 0 aromatic heterocycles. The number of nitrogens with one attached hydrogen (secondary N) is 1. The Morgan fingerprint density at radius 3 is 2.11 bits per heavy atom. The van der Waals surface area contributed by atoms with Gasteiger partial charge in [0.15, 0.2) is 0 Å². The van der Waals surface area contributed by atoms with E-state index in [1.54, 1.807) is 18.0 Å². The van der Waals surface area contributed by atoms with E-state index in [4.69, 9.17) is 0 Å². The average molecular weight is 548 g/mol. The van der Waals surface area contributed by atoms with Crippen molar-refractivity contribution >= 4 is 11.8 Å². The third-order valence-corrected chi connectivity index (χ3v) is 6.90. The summed E-state index contributed by atoms with van der Waals surface area (Å²) in [6, 6.07) is 4.25. The maximum Gasteiger partial charge on any atom is 0.416 e. The van der Waals surface area contributed by atoms with E-state index in [1.165, 1.54) is 33.0 Å². The van der Waals surface area contributed by atoms with Gasteiger partial charge in [-0.2, -0.15) is 26.3 Å². The first-order valence-electron chi connectivity index (χ1n) is 11.8. The van der Waals surface area contributed by atoms with E-state index in [9.17, 15) is 40.3 Å². The van der Waals surface area contributed by atoms with Crippen LogP contribution in [0.4, 0.5) is 30.7 Å². The predicted molar refractivity (Wildman–Crippen MR) is 125 cm³/mol. The summed E-state index contributed by atoms with van der Waals surface area (Å²) in [6.45, 7) is 4.85. The van der Waals surface area contributed by atoms with E-state index in [0.717, 1.165) is 4.90 Å². The summed E-state index contributed by atoms with van der Waals surface area (Å²) < 4.78 is 94.0. The third kappa shape index (κ3) is 6.64. The van der Waals surface area contributed by atoms with Crippen LogP contribution in [0.1, 0.15) is 60.0 Å². The topological polar surface area (TPSA) is 52.7 Å². The lowest BCUT2D eigenvalue weighted by Gasteiger charge is -2.41. The fourth-order valence-electron chi connectivity index (χ4n) is 4.84. The van der Waals surface area contributed by atoms with Crippen LogP contribution in [0, 0.1) is 18.7 Å². The van der Waals surface area contributed by atoms with E-state index >= 15 is 0 Å². The number of halogens is 7. The molecule has 0 spiro atoms. The van der Waals surface area contributed by atoms with E-state index < -0.39 is 53.1 Å². The highest BCUT2D eigenvalue weighted by Gasteiger charge is 2.40. The van der Waals surface area contributed by atoms with Gasteiger partial charge in [0.2, 0.25) is 11.8 Å². The Balaban J connectivity index is 1.97. The Morgan fingerprint density at radius 2 is 1.61 bits per heavy atom. The van der Waals surface area contributed by atoms with Crippen LogP contribution in [-0.2, 0) is 21.9 Å². The van der Waals surface area contributed by atoms with Crippen LogP contribution in [0.5, 0.6) is 0 Å². The second-order valence-electron chi connectivity index (χ2n) is 9.58. The zero-order valence-electron chi connectivity index (χ0n) is 21.2. The van der Waals surface area contributed by atoms with Gasteiger partial charge in [-0.3, -0.25) is 15.0 Å². The minimum Gasteiger partial charge on any atom is -0.339 e. The Bertz CT molecular complexity index is 1160. The summed E-state index contributed by atoms with van der Waals surface area (Å²) in [4.78, 5) is 26.4. The van der Waals surface area contributed by atoms with Gasteiger partial charge in [-0.25, -0.2) is 9.40 Å². The van der Waals surface area contributed by atoms with Gasteiger partial charge in [0.05, 0.1) is 17.2 Å². The first kappa shape index (κ1) is 29.4. The Labute approximate surface area is 215 Å². The standard InChI is InChI=1S/C26H28F7N3O2/c1-14-9-20(27)5-6-21(14)23-13-36(34-16(3)37)8-7-22(23)24(38)35(4)15(2)17-10-18(25(28,29)30)12-19(11-17)26(31,32)33/h5-6,9-12,15,22-23H,7-8,13H2,1-4H3,(H,34,37)/t15-,22+,23-/m1/s1. The van der Waals surface area contributed by atoms with Gasteiger partial charge in [-0.05, 0) is 67.3 Å². The Kier molecular flexibility index (Phi) is 8.45. The summed E-state index contributed by atoms with van der Waals surface area (Å²) in [6.07, 6.45) is -9.78. The molecule has 0 radical (unpaired) electrons. The number of nitrogens with zero attached hydrogens (tertiary/aromatic N) is 2. The van der Waals surface area contributed by atoms with Gasteiger partial charge in [0.25, 0.3) is 0 Å². The molecule has 1 aliphatic rings. The number of amides is 2. The lowest BCUT2D eigenvalue weighted by molar-refractivity contribution is -0.143. The van der Waals surface area contributed by atoms with Crippen LogP contribution in [0.15, 0.2) is 36.4 Å². The van der Waals surface area contributed by atoms with Crippen LogP contribution < -0.4 is 5.43 Å². The Morgan fingerprint density at radius 1 is 1.03 bits per heavy atom. The van der Waals surface area contributed by atoms with Crippen molar-refractivity contribution in [1.29, 1.82) is 0 Å². The number of hydrogen-bond donors (Lipinski definition) is 1. The van der Waals surface area contributed by atoms with Gasteiger partial charge >= 0.3 is 12.4 Å². The molecule has 1 fully saturated rings. The molecule has 0 aliphatic carbocycles. The monoisotopic (exact) mass is 547 g/mol. The summed E-state index contributed by atoms with van der Waals surface area (Å²) in [7, 11) is 1.33. The smallest absolute Gasteiger partial charge is 0.339 e. The molecule has 2 aromatic rings. The number of carbonyl (C=O) groups is 2. The zero-order valence-corrected chi connectivity index (χ0v) is 21.2. The third-order valence-electron chi connectivity index (χ3n) is 6.90. The number of piperidine rings is 1. The summed E-state index contributed by atoms with van der Waals surface area (Å²) in [5.74, 6) is -2.52. The van der Waals surface area contributed by atoms with Crippen LogP contribution in [0.25, 0.3) is 0 Å². The second kappa shape index (κ2) is 10.9. The number of hydrazine groups is 1. The fraction of sp³-hybridized carbons (Fsp3) is 0.462. The Hall–Kier alpha value is -3.15. The molecule has 0 bridgehead atoms. The highest BCUT2D eigenvalue weighted by molar-refractivity contribution is 5.80. The number of alkyl halides is 6. The number of benzene rings is 2. The van der Waals surface area contributed by atoms with E-state index in [-0.39, 0.29) is 37.0 Å². The lowest BCUT2D eigenvalue weighted by atomic mass is 9.78. The molecule has 12 heteroatoms. The van der Waals surface area contributed by atoms with E-state index in [2.05, 4.69) is 5.43 Å². The number of rotatable bonds is 5. The average Bonchev–Trinajstić information content (AvgIpc) is 2.81. The largest absolute Gasteiger partial charge is 0.416 e. The molecular weight excluding hydrogens is 519 g/mol. The maximum atomic E-state index is 13.8. The van der Waals surface area contributed by atoms with Crippen LogP contribution >= 0.6 is 0 Å². The molecular formula is C26H28F7N3O2. The molecule has 0 saturated carbocycles. The summed E-state index contributed by atoms with van der Waals surface area (Å²) in [5.41, 5.74) is 0.664. The van der Waals surface area contributed by atoms with Crippen molar-refractivity contribution in [3.8, 4) is 0 Å². The normalized spacial score (nSPS) is 19.7. The molecule has 1 heterocycles. The molecule has 0 unspecified atom stereocenters. The molecule has 5 nitrogen and oxygen atoms in total. The highest BCUT2D eigenvalue weighted by atomic mass is 19.4. The lowest BCUT2D eigenvalue weighted by Crippen LogP contribution is -2.52. The second-order valence-corrected chi connectivity index (χ2v) is 9.58. The number of aryl methyl sites for hydroxylation is 1. The zero-order chi connectivity index (χ0) is 28.6. The predicted octanol–water partition coefficient (Wildman–Crippen LogP) is 5.85. The molecule has 38 heavy (non-hydrogen) atoms. The van der Waals surface area contributed by atoms with Gasteiger partial charge < -0.3 is 4.90 Å². The van der Waals surface area contributed by atoms with Crippen LogP contribution in [0.3, 0.4) is 0 Å². The van der Waals surface area contributed by atoms with Crippen molar-refractivity contribution in [3.05, 3.63) is 70.0 Å². The molecule has 3 rings (SSSR count). The number of carbonyl (C=O) groups excluding carboxylic acids is 2. The number of hydrogen-bond acceptors (Lipinski definition) is 3. The summed E-state index contributed by atoms with van der Waals surface area (Å²) >= 11 is 0. The molecule has 2 amide bonds. The highest BCUT2D eigenvalue weighted by Crippen LogP contribution is 2.40. The molecule has 1 N–H and O–H groups in total. The van der Waals surface area contributed by atoms with Crippen molar-refractivity contribution in [3.63, 3.8) is 0 Å². The van der Waals surface area contributed by atoms with Gasteiger partial charge in [0, 0.05) is 38.9 Å². The van der Waals surface area contributed by atoms with E-state index in [1.807, 2.05) is 0 Å². The van der Waals surface area contributed by atoms with E-state index in [0.29, 0.717) is 23.3 Å². The van der Waals surface area contributed by atoms with Crippen molar-refractivity contribution in [2.75, 3.05) is 20.1 Å². The molecule has 1 saturated heterocycles. The first-order chi connectivity index (χ1) is 17.5. The quantitative estimate of drug-likeness (QED) is 0.478. The minimum absolute atomic E-state index is 0.0448. The molecule has 1 aliphatic heterocycles. The van der Waals surface area contributed by atoms with Gasteiger partial charge in [0.1, 0.15) is 5.82 Å². The van der Waals surface area contributed by atoms with Crippen molar-refractivity contribution < 1.29 is 40.3 Å². The minimum atomic E-state index is -5.01. The first-order valence-corrected chi connectivity index (χ1v) is 11.8. The van der Waals surface area contributed by atoms with Crippen LogP contribution in [-0.4, -0.2) is 41.9 Å². The van der Waals surface area contributed by atoms with Gasteiger partial charge in [-0.1, -0.05) is 6.07 Å². The molecule has 208 valence electrons. The summed E-state index contributed by atoms with van der Waals surface area (Å²) in [5, 5.41) is 1.63. The SMILES string of the molecule is CC(=O)NN1CC[C@H](C(=O)N(C)[C@H](C)c2cc(C(F)(F)F)cc(C(F)(F)F)c2)[C@@H](c2ccc(F)cc2C)C1. The fourth-order valence-corrected chi connectivity index (χ4v) is 4.84. The molecule has 2 aromatic carbocycles. The molecule has 3 atom stereocenters.